The Labute approximate surface area is 221 Å². The van der Waals surface area contributed by atoms with Gasteiger partial charge in [0.05, 0.1) is 23.6 Å². The van der Waals surface area contributed by atoms with Crippen LogP contribution in [0.3, 0.4) is 0 Å². The number of nitrogens with zero attached hydrogens (tertiary/aromatic N) is 1. The van der Waals surface area contributed by atoms with Gasteiger partial charge in [0.15, 0.2) is 6.29 Å². The smallest absolute Gasteiger partial charge is 0.414 e. The molecule has 0 aliphatic carbocycles. The molecule has 39 heavy (non-hydrogen) atoms. The number of amides is 2. The number of cyclic esters (lactones) is 1. The van der Waals surface area contributed by atoms with E-state index in [0.717, 1.165) is 0 Å². The fourth-order valence-electron chi connectivity index (χ4n) is 3.55. The van der Waals surface area contributed by atoms with Crippen LogP contribution in [0, 0.1) is 5.82 Å². The summed E-state index contributed by atoms with van der Waals surface area (Å²) < 4.78 is 40.9. The second kappa shape index (κ2) is 13.7. The molecule has 0 spiro atoms. The van der Waals surface area contributed by atoms with E-state index in [1.165, 1.54) is 41.3 Å². The molecule has 0 radical (unpaired) electrons. The third kappa shape index (κ3) is 8.14. The third-order valence-electron chi connectivity index (χ3n) is 5.32. The van der Waals surface area contributed by atoms with Crippen LogP contribution in [-0.2, 0) is 9.53 Å². The Morgan fingerprint density at radius 1 is 1.05 bits per heavy atom. The summed E-state index contributed by atoms with van der Waals surface area (Å²) in [6.45, 7) is 0.785. The molecule has 3 N–H and O–H groups in total. The number of halogens is 3. The molecule has 1 aliphatic rings. The van der Waals surface area contributed by atoms with Gasteiger partial charge in [0.25, 0.3) is 12.3 Å². The number of para-hydroxylation sites is 1. The minimum absolute atomic E-state index is 0.0285. The number of ether oxygens (including phenoxy) is 1. The SMILES string of the molecule is CNCC1CN(c2ccc(Nc3cc(C(=O)Nc4ccccc4)cccc3=O)c(F)c2)C(=O)O1.O=CC(F)F. The third-order valence-corrected chi connectivity index (χ3v) is 5.32. The van der Waals surface area contributed by atoms with Gasteiger partial charge in [-0.2, -0.15) is 0 Å². The van der Waals surface area contributed by atoms with Crippen molar-refractivity contribution in [2.75, 3.05) is 35.7 Å². The Bertz CT molecular complexity index is 1380. The molecule has 204 valence electrons. The molecular weight excluding hydrogens is 517 g/mol. The molecule has 1 aliphatic heterocycles. The van der Waals surface area contributed by atoms with Crippen LogP contribution in [-0.4, -0.2) is 51.0 Å². The molecule has 1 atom stereocenters. The summed E-state index contributed by atoms with van der Waals surface area (Å²) >= 11 is 0. The van der Waals surface area contributed by atoms with Crippen molar-refractivity contribution in [3.63, 3.8) is 0 Å². The van der Waals surface area contributed by atoms with Crippen molar-refractivity contribution in [3.8, 4) is 0 Å². The Morgan fingerprint density at radius 3 is 2.41 bits per heavy atom. The molecule has 1 unspecified atom stereocenters. The summed E-state index contributed by atoms with van der Waals surface area (Å²) in [5.41, 5.74) is 0.817. The number of hydrogen-bond donors (Lipinski definition) is 3. The van der Waals surface area contributed by atoms with Crippen molar-refractivity contribution in [1.82, 2.24) is 5.32 Å². The van der Waals surface area contributed by atoms with Gasteiger partial charge in [-0.05, 0) is 55.6 Å². The van der Waals surface area contributed by atoms with Gasteiger partial charge in [-0.25, -0.2) is 18.0 Å². The zero-order chi connectivity index (χ0) is 28.4. The van der Waals surface area contributed by atoms with Crippen molar-refractivity contribution >= 4 is 41.0 Å². The predicted molar refractivity (Wildman–Crippen MR) is 140 cm³/mol. The lowest BCUT2D eigenvalue weighted by atomic mass is 10.2. The van der Waals surface area contributed by atoms with Gasteiger partial charge in [-0.15, -0.1) is 0 Å². The van der Waals surface area contributed by atoms with E-state index in [1.54, 1.807) is 37.4 Å². The van der Waals surface area contributed by atoms with Gasteiger partial charge in [0.2, 0.25) is 5.43 Å². The summed E-state index contributed by atoms with van der Waals surface area (Å²) in [6, 6.07) is 18.7. The van der Waals surface area contributed by atoms with Gasteiger partial charge in [0.1, 0.15) is 11.9 Å². The van der Waals surface area contributed by atoms with Crippen molar-refractivity contribution < 1.29 is 32.3 Å². The standard InChI is InChI=1S/C25H23FN4O4.C2H2F2O/c1-27-14-19-15-30(25(33)34-19)18-10-11-21(20(26)13-18)29-22-12-16(6-5-9-23(22)31)24(32)28-17-7-3-2-4-8-17;3-2(4)1-5/h2-13,19,27H,14-15H2,1H3,(H,28,32)(H,29,31);1-2H. The summed E-state index contributed by atoms with van der Waals surface area (Å²) in [6.07, 6.45) is -4.09. The number of anilines is 4. The average molecular weight is 543 g/mol. The van der Waals surface area contributed by atoms with Crippen LogP contribution < -0.4 is 26.3 Å². The summed E-state index contributed by atoms with van der Waals surface area (Å²) in [5, 5.41) is 8.46. The van der Waals surface area contributed by atoms with Crippen LogP contribution in [0.4, 0.5) is 40.7 Å². The Morgan fingerprint density at radius 2 is 1.77 bits per heavy atom. The second-order valence-corrected chi connectivity index (χ2v) is 8.16. The number of nitrogens with one attached hydrogen (secondary N) is 3. The fraction of sp³-hybridized carbons (Fsp3) is 0.185. The summed E-state index contributed by atoms with van der Waals surface area (Å²) in [7, 11) is 1.75. The molecule has 0 aromatic heterocycles. The minimum atomic E-state index is -2.80. The molecule has 12 heteroatoms. The maximum atomic E-state index is 14.9. The quantitative estimate of drug-likeness (QED) is 0.366. The molecule has 1 fully saturated rings. The first-order chi connectivity index (χ1) is 18.7. The highest BCUT2D eigenvalue weighted by Crippen LogP contribution is 2.27. The van der Waals surface area contributed by atoms with Crippen molar-refractivity contribution in [2.45, 2.75) is 12.5 Å². The first-order valence-electron chi connectivity index (χ1n) is 11.7. The van der Waals surface area contributed by atoms with E-state index in [9.17, 15) is 27.6 Å². The molecule has 1 heterocycles. The maximum absolute atomic E-state index is 14.9. The lowest BCUT2D eigenvalue weighted by Crippen LogP contribution is -2.29. The Hall–Kier alpha value is -4.71. The van der Waals surface area contributed by atoms with E-state index < -0.39 is 36.0 Å². The average Bonchev–Trinajstić information content (AvgIpc) is 3.18. The van der Waals surface area contributed by atoms with Crippen LogP contribution >= 0.6 is 0 Å². The van der Waals surface area contributed by atoms with E-state index in [1.807, 2.05) is 6.07 Å². The zero-order valence-corrected chi connectivity index (χ0v) is 20.7. The van der Waals surface area contributed by atoms with Crippen LogP contribution in [0.1, 0.15) is 10.4 Å². The number of carbonyl (C=O) groups excluding carboxylic acids is 3. The largest absolute Gasteiger partial charge is 0.443 e. The first-order valence-corrected chi connectivity index (χ1v) is 11.7. The van der Waals surface area contributed by atoms with Crippen molar-refractivity contribution in [1.29, 1.82) is 0 Å². The van der Waals surface area contributed by atoms with Gasteiger partial charge in [-0.1, -0.05) is 24.3 Å². The molecule has 1 saturated heterocycles. The minimum Gasteiger partial charge on any atom is -0.443 e. The molecule has 0 saturated carbocycles. The van der Waals surface area contributed by atoms with E-state index in [0.29, 0.717) is 24.5 Å². The molecule has 2 amide bonds. The van der Waals surface area contributed by atoms with Crippen LogP contribution in [0.2, 0.25) is 0 Å². The molecule has 0 bridgehead atoms. The number of hydrogen-bond acceptors (Lipinski definition) is 7. The van der Waals surface area contributed by atoms with Crippen LogP contribution in [0.15, 0.2) is 77.6 Å². The van der Waals surface area contributed by atoms with Crippen molar-refractivity contribution in [2.24, 2.45) is 0 Å². The number of benzene rings is 2. The van der Waals surface area contributed by atoms with Crippen LogP contribution in [0.25, 0.3) is 0 Å². The van der Waals surface area contributed by atoms with Gasteiger partial charge in [-0.3, -0.25) is 19.3 Å². The van der Waals surface area contributed by atoms with Gasteiger partial charge < -0.3 is 20.7 Å². The molecule has 3 aromatic carbocycles. The van der Waals surface area contributed by atoms with E-state index in [2.05, 4.69) is 16.0 Å². The highest BCUT2D eigenvalue weighted by atomic mass is 19.3. The molecular formula is C27H25F3N4O5. The van der Waals surface area contributed by atoms with Crippen LogP contribution in [0.5, 0.6) is 0 Å². The van der Waals surface area contributed by atoms with E-state index in [4.69, 9.17) is 9.53 Å². The number of carbonyl (C=O) groups is 3. The van der Waals surface area contributed by atoms with E-state index in [-0.39, 0.29) is 23.0 Å². The fourth-order valence-corrected chi connectivity index (χ4v) is 3.55. The number of alkyl halides is 2. The molecule has 4 rings (SSSR count). The Kier molecular flexibility index (Phi) is 10.2. The lowest BCUT2D eigenvalue weighted by Gasteiger charge is -2.15. The lowest BCUT2D eigenvalue weighted by molar-refractivity contribution is -0.116. The second-order valence-electron chi connectivity index (χ2n) is 8.16. The zero-order valence-electron chi connectivity index (χ0n) is 20.7. The predicted octanol–water partition coefficient (Wildman–Crippen LogP) is 4.18. The summed E-state index contributed by atoms with van der Waals surface area (Å²) in [4.78, 5) is 47.4. The van der Waals surface area contributed by atoms with E-state index >= 15 is 0 Å². The monoisotopic (exact) mass is 542 g/mol. The first kappa shape index (κ1) is 28.9. The summed E-state index contributed by atoms with van der Waals surface area (Å²) in [5.74, 6) is -1.08. The topological polar surface area (TPSA) is 117 Å². The number of aldehydes is 1. The maximum Gasteiger partial charge on any atom is 0.414 e. The number of likely N-dealkylation sites (N-methyl/N-ethyl adjacent to an activating group) is 1. The van der Waals surface area contributed by atoms with Gasteiger partial charge in [0, 0.05) is 17.8 Å². The highest BCUT2D eigenvalue weighted by molar-refractivity contribution is 6.04. The van der Waals surface area contributed by atoms with Gasteiger partial charge >= 0.3 is 6.09 Å². The Balaban J connectivity index is 0.000000771. The normalized spacial score (nSPS) is 14.2. The number of rotatable bonds is 8. The van der Waals surface area contributed by atoms with Crippen molar-refractivity contribution in [3.05, 3.63) is 94.4 Å². The molecule has 9 nitrogen and oxygen atoms in total. The highest BCUT2D eigenvalue weighted by Gasteiger charge is 2.32. The molecule has 3 aromatic rings.